The van der Waals surface area contributed by atoms with Crippen LogP contribution in [0.5, 0.6) is 0 Å². The third-order valence-corrected chi connectivity index (χ3v) is 8.97. The highest BCUT2D eigenvalue weighted by Crippen LogP contribution is 2.41. The lowest BCUT2D eigenvalue weighted by atomic mass is 9.86. The van der Waals surface area contributed by atoms with E-state index < -0.39 is 11.7 Å². The summed E-state index contributed by atoms with van der Waals surface area (Å²) >= 11 is 1.36. The fourth-order valence-electron chi connectivity index (χ4n) is 5.75. The Morgan fingerprint density at radius 1 is 1.11 bits per heavy atom. The molecule has 1 aromatic carbocycles. The molecule has 10 heteroatoms. The van der Waals surface area contributed by atoms with E-state index in [0.717, 1.165) is 75.9 Å². The first-order valence-electron chi connectivity index (χ1n) is 13.3. The molecule has 0 bridgehead atoms. The van der Waals surface area contributed by atoms with Crippen molar-refractivity contribution in [2.75, 3.05) is 44.2 Å². The maximum atomic E-state index is 13.0. The number of halogens is 3. The first-order chi connectivity index (χ1) is 17.7. The molecule has 0 radical (unpaired) electrons. The molecule has 0 unspecified atom stereocenters. The molecule has 37 heavy (non-hydrogen) atoms. The summed E-state index contributed by atoms with van der Waals surface area (Å²) in [6.45, 7) is 6.52. The molecule has 6 nitrogen and oxygen atoms in total. The van der Waals surface area contributed by atoms with Gasteiger partial charge >= 0.3 is 12.1 Å². The van der Waals surface area contributed by atoms with Crippen LogP contribution in [0.1, 0.15) is 44.6 Å². The maximum Gasteiger partial charge on any atom is 0.416 e. The lowest BCUT2D eigenvalue weighted by Gasteiger charge is -2.36. The van der Waals surface area contributed by atoms with Gasteiger partial charge in [-0.1, -0.05) is 6.07 Å². The molecule has 3 aliphatic rings. The van der Waals surface area contributed by atoms with Crippen LogP contribution in [0.2, 0.25) is 0 Å². The van der Waals surface area contributed by atoms with Crippen molar-refractivity contribution < 1.29 is 27.5 Å². The summed E-state index contributed by atoms with van der Waals surface area (Å²) < 4.78 is 44.9. The summed E-state index contributed by atoms with van der Waals surface area (Å²) in [6, 6.07) is 4.15. The minimum Gasteiger partial charge on any atom is -0.466 e. The van der Waals surface area contributed by atoms with Gasteiger partial charge in [0.1, 0.15) is 0 Å². The average molecular weight is 538 g/mol. The number of carbonyl (C=O) groups is 2. The van der Waals surface area contributed by atoms with Gasteiger partial charge in [-0.2, -0.15) is 13.2 Å². The van der Waals surface area contributed by atoms with Crippen LogP contribution in [0, 0.1) is 17.8 Å². The van der Waals surface area contributed by atoms with Crippen molar-refractivity contribution in [2.24, 2.45) is 17.8 Å². The topological polar surface area (TPSA) is 61.9 Å². The predicted octanol–water partition coefficient (Wildman–Crippen LogP) is 4.92. The van der Waals surface area contributed by atoms with Crippen molar-refractivity contribution >= 4 is 39.0 Å². The number of benzene rings is 1. The van der Waals surface area contributed by atoms with Crippen LogP contribution in [0.15, 0.2) is 23.6 Å². The first-order valence-corrected chi connectivity index (χ1v) is 14.1. The van der Waals surface area contributed by atoms with Gasteiger partial charge in [-0.05, 0) is 57.1 Å². The SMILES string of the molecule is CCOC(=O)[C@H]1CC[C@H](NC(=O)[C@@H]2C[C@H]2CN2CCN(c3csc4cc(C(F)(F)F)ccc34)CC2)CC1. The Balaban J connectivity index is 1.05. The van der Waals surface area contributed by atoms with Crippen LogP contribution < -0.4 is 10.2 Å². The van der Waals surface area contributed by atoms with E-state index in [-0.39, 0.29) is 29.8 Å². The Hall–Kier alpha value is -2.33. The van der Waals surface area contributed by atoms with Gasteiger partial charge in [-0.15, -0.1) is 11.3 Å². The van der Waals surface area contributed by atoms with Gasteiger partial charge in [-0.3, -0.25) is 14.5 Å². The van der Waals surface area contributed by atoms with Gasteiger partial charge in [0.05, 0.1) is 23.8 Å². The highest BCUT2D eigenvalue weighted by atomic mass is 32.1. The van der Waals surface area contributed by atoms with Gasteiger partial charge in [-0.25, -0.2) is 0 Å². The summed E-state index contributed by atoms with van der Waals surface area (Å²) in [5, 5.41) is 6.05. The fourth-order valence-corrected chi connectivity index (χ4v) is 6.76. The van der Waals surface area contributed by atoms with Gasteiger partial charge in [0.25, 0.3) is 0 Å². The number of rotatable bonds is 7. The number of nitrogens with one attached hydrogen (secondary N) is 1. The lowest BCUT2D eigenvalue weighted by Crippen LogP contribution is -2.47. The number of nitrogens with zero attached hydrogens (tertiary/aromatic N) is 2. The largest absolute Gasteiger partial charge is 0.466 e. The van der Waals surface area contributed by atoms with Crippen molar-refractivity contribution in [2.45, 2.75) is 51.2 Å². The minimum atomic E-state index is -4.33. The van der Waals surface area contributed by atoms with E-state index in [1.165, 1.54) is 23.5 Å². The predicted molar refractivity (Wildman–Crippen MR) is 138 cm³/mol. The first kappa shape index (κ1) is 26.3. The molecule has 3 fully saturated rings. The molecule has 1 aromatic heterocycles. The van der Waals surface area contributed by atoms with E-state index >= 15 is 0 Å². The highest BCUT2D eigenvalue weighted by molar-refractivity contribution is 7.17. The van der Waals surface area contributed by atoms with Gasteiger partial charge in [0, 0.05) is 60.1 Å². The number of thiophene rings is 1. The number of hydrogen-bond donors (Lipinski definition) is 1. The molecule has 2 aromatic rings. The molecule has 1 aliphatic heterocycles. The van der Waals surface area contributed by atoms with Crippen LogP contribution >= 0.6 is 11.3 Å². The van der Waals surface area contributed by atoms with E-state index in [1.807, 2.05) is 12.3 Å². The smallest absolute Gasteiger partial charge is 0.416 e. The lowest BCUT2D eigenvalue weighted by molar-refractivity contribution is -0.149. The maximum absolute atomic E-state index is 13.0. The Morgan fingerprint density at radius 2 is 1.84 bits per heavy atom. The van der Waals surface area contributed by atoms with Crippen molar-refractivity contribution in [3.05, 3.63) is 29.1 Å². The molecule has 1 amide bonds. The van der Waals surface area contributed by atoms with Crippen LogP contribution in [-0.2, 0) is 20.5 Å². The van der Waals surface area contributed by atoms with Crippen LogP contribution in [0.4, 0.5) is 18.9 Å². The molecule has 1 N–H and O–H groups in total. The normalized spacial score (nSPS) is 26.8. The molecular formula is C27H34F3N3O3S. The van der Waals surface area contributed by atoms with E-state index in [2.05, 4.69) is 15.1 Å². The zero-order valence-corrected chi connectivity index (χ0v) is 21.9. The van der Waals surface area contributed by atoms with Gasteiger partial charge < -0.3 is 15.0 Å². The second-order valence-corrected chi connectivity index (χ2v) is 11.4. The van der Waals surface area contributed by atoms with Crippen molar-refractivity contribution in [1.29, 1.82) is 0 Å². The summed E-state index contributed by atoms with van der Waals surface area (Å²) in [5.74, 6) is 0.447. The molecule has 2 aliphatic carbocycles. The summed E-state index contributed by atoms with van der Waals surface area (Å²) in [5.41, 5.74) is 0.403. The second-order valence-electron chi connectivity index (χ2n) is 10.5. The van der Waals surface area contributed by atoms with Gasteiger partial charge in [0.2, 0.25) is 5.91 Å². The molecular weight excluding hydrogens is 503 g/mol. The standard InChI is InChI=1S/C27H34F3N3O3S/c1-2-36-26(35)17-3-6-20(7-4-17)31-25(34)22-13-18(22)15-32-9-11-33(12-10-32)23-16-37-24-14-19(27(28,29)30)5-8-21(23)24/h5,8,14,16-18,20,22H,2-4,6-7,9-13,15H2,1H3,(H,31,34)/t17-,18-,20-,22+/m0/s1. The average Bonchev–Trinajstić information content (AvgIpc) is 3.52. The number of carbonyl (C=O) groups excluding carboxylic acids is 2. The highest BCUT2D eigenvalue weighted by Gasteiger charge is 2.44. The third kappa shape index (κ3) is 6.06. The van der Waals surface area contributed by atoms with E-state index in [9.17, 15) is 22.8 Å². The number of fused-ring (bicyclic) bond motifs is 1. The van der Waals surface area contributed by atoms with Crippen LogP contribution in [-0.4, -0.2) is 62.1 Å². The summed E-state index contributed by atoms with van der Waals surface area (Å²) in [6.07, 6.45) is -0.227. The van der Waals surface area contributed by atoms with Crippen LogP contribution in [0.25, 0.3) is 10.1 Å². The zero-order chi connectivity index (χ0) is 26.2. The summed E-state index contributed by atoms with van der Waals surface area (Å²) in [4.78, 5) is 29.3. The number of hydrogen-bond acceptors (Lipinski definition) is 6. The van der Waals surface area contributed by atoms with E-state index in [4.69, 9.17) is 4.74 Å². The molecule has 1 saturated heterocycles. The molecule has 2 atom stereocenters. The van der Waals surface area contributed by atoms with Crippen molar-refractivity contribution in [3.8, 4) is 0 Å². The molecule has 202 valence electrons. The number of esters is 1. The Bertz CT molecular complexity index is 1120. The van der Waals surface area contributed by atoms with E-state index in [0.29, 0.717) is 17.2 Å². The van der Waals surface area contributed by atoms with Crippen LogP contribution in [0.3, 0.4) is 0 Å². The Morgan fingerprint density at radius 3 is 2.51 bits per heavy atom. The minimum absolute atomic E-state index is 0.0372. The molecule has 2 heterocycles. The third-order valence-electron chi connectivity index (χ3n) is 8.04. The number of piperazine rings is 1. The number of alkyl halides is 3. The number of amides is 1. The Kier molecular flexibility index (Phi) is 7.68. The van der Waals surface area contributed by atoms with Gasteiger partial charge in [0.15, 0.2) is 0 Å². The molecule has 0 spiro atoms. The quantitative estimate of drug-likeness (QED) is 0.509. The zero-order valence-electron chi connectivity index (χ0n) is 21.1. The number of anilines is 1. The van der Waals surface area contributed by atoms with Crippen molar-refractivity contribution in [1.82, 2.24) is 10.2 Å². The number of ether oxygens (including phenoxy) is 1. The Labute approximate surface area is 219 Å². The fraction of sp³-hybridized carbons (Fsp3) is 0.630. The van der Waals surface area contributed by atoms with Crippen molar-refractivity contribution in [3.63, 3.8) is 0 Å². The molecule has 2 saturated carbocycles. The summed E-state index contributed by atoms with van der Waals surface area (Å²) in [7, 11) is 0. The molecule has 5 rings (SSSR count). The second kappa shape index (κ2) is 10.8. The monoisotopic (exact) mass is 537 g/mol. The van der Waals surface area contributed by atoms with E-state index in [1.54, 1.807) is 6.07 Å².